The van der Waals surface area contributed by atoms with Gasteiger partial charge in [-0.25, -0.2) is 0 Å². The van der Waals surface area contributed by atoms with Crippen LogP contribution in [0.1, 0.15) is 56.9 Å². The van der Waals surface area contributed by atoms with Crippen LogP contribution in [0, 0.1) is 0 Å². The summed E-state index contributed by atoms with van der Waals surface area (Å²) in [4.78, 5) is 15.4. The maximum absolute atomic E-state index is 11.2. The average molecular weight is 276 g/mol. The second-order valence-corrected chi connectivity index (χ2v) is 5.69. The predicted octanol–water partition coefficient (Wildman–Crippen LogP) is 2.95. The minimum atomic E-state index is -0.727. The largest absolute Gasteiger partial charge is 0.480 e. The molecule has 1 fully saturated rings. The van der Waals surface area contributed by atoms with Gasteiger partial charge in [-0.2, -0.15) is 0 Å². The molecule has 0 spiro atoms. The molecule has 3 unspecified atom stereocenters. The van der Waals surface area contributed by atoms with Crippen LogP contribution in [0.15, 0.2) is 24.5 Å². The molecular formula is C16H24N2O2. The number of carboxylic acids is 1. The second-order valence-electron chi connectivity index (χ2n) is 5.69. The first-order valence-electron chi connectivity index (χ1n) is 7.59. The lowest BCUT2D eigenvalue weighted by atomic mass is 9.81. The van der Waals surface area contributed by atoms with E-state index in [2.05, 4.69) is 16.4 Å². The van der Waals surface area contributed by atoms with E-state index in [0.717, 1.165) is 25.7 Å². The highest BCUT2D eigenvalue weighted by Gasteiger charge is 2.27. The third-order valence-electron chi connectivity index (χ3n) is 4.14. The lowest BCUT2D eigenvalue weighted by Crippen LogP contribution is -2.45. The molecule has 1 saturated carbocycles. The molecule has 20 heavy (non-hydrogen) atoms. The van der Waals surface area contributed by atoms with Crippen LogP contribution in [0.5, 0.6) is 0 Å². The topological polar surface area (TPSA) is 62.2 Å². The Morgan fingerprint density at radius 3 is 3.05 bits per heavy atom. The molecule has 0 saturated heterocycles. The summed E-state index contributed by atoms with van der Waals surface area (Å²) < 4.78 is 0. The monoisotopic (exact) mass is 276 g/mol. The molecular weight excluding hydrogens is 252 g/mol. The molecule has 1 heterocycles. The summed E-state index contributed by atoms with van der Waals surface area (Å²) in [6, 6.07) is 4.00. The van der Waals surface area contributed by atoms with Crippen LogP contribution in [-0.4, -0.2) is 28.1 Å². The molecule has 3 atom stereocenters. The lowest BCUT2D eigenvalue weighted by Gasteiger charge is -2.32. The molecule has 0 amide bonds. The third-order valence-corrected chi connectivity index (χ3v) is 4.14. The van der Waals surface area contributed by atoms with Gasteiger partial charge < -0.3 is 10.4 Å². The number of carboxylic acid groups (broad SMARTS) is 1. The minimum absolute atomic E-state index is 0.307. The second kappa shape index (κ2) is 7.39. The van der Waals surface area contributed by atoms with Crippen molar-refractivity contribution in [3.8, 4) is 0 Å². The molecule has 1 aromatic rings. The summed E-state index contributed by atoms with van der Waals surface area (Å²) in [7, 11) is 0. The SMILES string of the molecule is CCCC(NC1CCCC(c2cccnc2)C1)C(=O)O. The van der Waals surface area contributed by atoms with Crippen molar-refractivity contribution < 1.29 is 9.90 Å². The van der Waals surface area contributed by atoms with E-state index in [1.165, 1.54) is 12.0 Å². The van der Waals surface area contributed by atoms with E-state index in [4.69, 9.17) is 0 Å². The first-order chi connectivity index (χ1) is 9.70. The number of hydrogen-bond donors (Lipinski definition) is 2. The molecule has 1 aliphatic rings. The Hall–Kier alpha value is -1.42. The number of carbonyl (C=O) groups is 1. The molecule has 4 heteroatoms. The Morgan fingerprint density at radius 2 is 2.40 bits per heavy atom. The summed E-state index contributed by atoms with van der Waals surface area (Å²) in [5.41, 5.74) is 1.28. The van der Waals surface area contributed by atoms with Crippen LogP contribution in [-0.2, 0) is 4.79 Å². The highest BCUT2D eigenvalue weighted by atomic mass is 16.4. The van der Waals surface area contributed by atoms with Gasteiger partial charge in [0.1, 0.15) is 6.04 Å². The van der Waals surface area contributed by atoms with Gasteiger partial charge in [-0.1, -0.05) is 25.8 Å². The summed E-state index contributed by atoms with van der Waals surface area (Å²) in [6.45, 7) is 2.02. The van der Waals surface area contributed by atoms with Crippen LogP contribution in [0.3, 0.4) is 0 Å². The molecule has 4 nitrogen and oxygen atoms in total. The number of nitrogens with one attached hydrogen (secondary N) is 1. The molecule has 1 aromatic heterocycles. The zero-order valence-corrected chi connectivity index (χ0v) is 12.1. The van der Waals surface area contributed by atoms with Crippen molar-refractivity contribution in [3.05, 3.63) is 30.1 Å². The molecule has 0 radical (unpaired) electrons. The van der Waals surface area contributed by atoms with Crippen molar-refractivity contribution in [1.29, 1.82) is 0 Å². The summed E-state index contributed by atoms with van der Waals surface area (Å²) >= 11 is 0. The maximum Gasteiger partial charge on any atom is 0.320 e. The molecule has 2 rings (SSSR count). The first-order valence-corrected chi connectivity index (χ1v) is 7.59. The maximum atomic E-state index is 11.2. The van der Waals surface area contributed by atoms with E-state index in [-0.39, 0.29) is 0 Å². The fraction of sp³-hybridized carbons (Fsp3) is 0.625. The number of nitrogens with zero attached hydrogens (tertiary/aromatic N) is 1. The van der Waals surface area contributed by atoms with Gasteiger partial charge in [0.05, 0.1) is 0 Å². The van der Waals surface area contributed by atoms with Crippen molar-refractivity contribution in [2.75, 3.05) is 0 Å². The molecule has 0 bridgehead atoms. The summed E-state index contributed by atoms with van der Waals surface area (Å²) in [5, 5.41) is 12.6. The summed E-state index contributed by atoms with van der Waals surface area (Å²) in [6.07, 6.45) is 9.73. The van der Waals surface area contributed by atoms with E-state index in [9.17, 15) is 9.90 Å². The number of aromatic nitrogens is 1. The van der Waals surface area contributed by atoms with Crippen LogP contribution in [0.4, 0.5) is 0 Å². The zero-order chi connectivity index (χ0) is 14.4. The van der Waals surface area contributed by atoms with Gasteiger partial charge in [-0.05, 0) is 43.2 Å². The fourth-order valence-electron chi connectivity index (χ4n) is 3.11. The molecule has 0 aromatic carbocycles. The van der Waals surface area contributed by atoms with E-state index >= 15 is 0 Å². The van der Waals surface area contributed by atoms with Gasteiger partial charge in [0.2, 0.25) is 0 Å². The van der Waals surface area contributed by atoms with Crippen molar-refractivity contribution in [3.63, 3.8) is 0 Å². The van der Waals surface area contributed by atoms with Gasteiger partial charge in [0, 0.05) is 18.4 Å². The molecule has 110 valence electrons. The van der Waals surface area contributed by atoms with E-state index in [0.29, 0.717) is 18.4 Å². The lowest BCUT2D eigenvalue weighted by molar-refractivity contribution is -0.140. The Bertz CT molecular complexity index is 422. The quantitative estimate of drug-likeness (QED) is 0.838. The number of rotatable bonds is 6. The van der Waals surface area contributed by atoms with E-state index in [1.807, 2.05) is 19.2 Å². The van der Waals surface area contributed by atoms with Crippen LogP contribution in [0.25, 0.3) is 0 Å². The number of hydrogen-bond acceptors (Lipinski definition) is 3. The first kappa shape index (κ1) is 15.0. The summed E-state index contributed by atoms with van der Waals surface area (Å²) in [5.74, 6) is -0.221. The predicted molar refractivity (Wildman–Crippen MR) is 78.7 cm³/mol. The fourth-order valence-corrected chi connectivity index (χ4v) is 3.11. The van der Waals surface area contributed by atoms with Crippen LogP contribution in [0.2, 0.25) is 0 Å². The zero-order valence-electron chi connectivity index (χ0n) is 12.1. The van der Waals surface area contributed by atoms with Crippen molar-refractivity contribution in [1.82, 2.24) is 10.3 Å². The average Bonchev–Trinajstić information content (AvgIpc) is 2.48. The minimum Gasteiger partial charge on any atom is -0.480 e. The van der Waals surface area contributed by atoms with Crippen molar-refractivity contribution >= 4 is 5.97 Å². The van der Waals surface area contributed by atoms with Gasteiger partial charge >= 0.3 is 5.97 Å². The van der Waals surface area contributed by atoms with Gasteiger partial charge in [-0.15, -0.1) is 0 Å². The van der Waals surface area contributed by atoms with Crippen LogP contribution < -0.4 is 5.32 Å². The van der Waals surface area contributed by atoms with E-state index < -0.39 is 12.0 Å². The number of pyridine rings is 1. The number of aliphatic carboxylic acids is 1. The van der Waals surface area contributed by atoms with E-state index in [1.54, 1.807) is 6.20 Å². The molecule has 0 aliphatic heterocycles. The van der Waals surface area contributed by atoms with Crippen molar-refractivity contribution in [2.24, 2.45) is 0 Å². The highest BCUT2D eigenvalue weighted by molar-refractivity contribution is 5.73. The van der Waals surface area contributed by atoms with Gasteiger partial charge in [0.15, 0.2) is 0 Å². The third kappa shape index (κ3) is 4.04. The van der Waals surface area contributed by atoms with Crippen molar-refractivity contribution in [2.45, 2.75) is 63.5 Å². The molecule has 2 N–H and O–H groups in total. The van der Waals surface area contributed by atoms with Gasteiger partial charge in [-0.3, -0.25) is 9.78 Å². The Morgan fingerprint density at radius 1 is 1.55 bits per heavy atom. The standard InChI is InChI=1S/C16H24N2O2/c1-2-5-15(16(19)20)18-14-8-3-6-12(10-14)13-7-4-9-17-11-13/h4,7,9,11-12,14-15,18H,2-3,5-6,8,10H2,1H3,(H,19,20). The highest BCUT2D eigenvalue weighted by Crippen LogP contribution is 2.32. The Balaban J connectivity index is 1.94. The smallest absolute Gasteiger partial charge is 0.320 e. The van der Waals surface area contributed by atoms with Crippen LogP contribution >= 0.6 is 0 Å². The Kier molecular flexibility index (Phi) is 5.53. The van der Waals surface area contributed by atoms with Gasteiger partial charge in [0.25, 0.3) is 0 Å². The molecule has 1 aliphatic carbocycles. The normalized spacial score (nSPS) is 24.2. The Labute approximate surface area is 120 Å².